The smallest absolute Gasteiger partial charge is 0.222 e. The van der Waals surface area contributed by atoms with Gasteiger partial charge in [-0.05, 0) is 0 Å². The van der Waals surface area contributed by atoms with Crippen molar-refractivity contribution in [2.75, 3.05) is 59.9 Å². The number of carbonyl (C=O) groups is 2. The topological polar surface area (TPSA) is 83.1 Å². The van der Waals surface area contributed by atoms with Crippen molar-refractivity contribution in [2.24, 2.45) is 5.92 Å². The summed E-state index contributed by atoms with van der Waals surface area (Å²) < 4.78 is 20.5. The second kappa shape index (κ2) is 14.9. The van der Waals surface area contributed by atoms with E-state index in [-0.39, 0.29) is 25.6 Å². The quantitative estimate of drug-likeness (QED) is 0.446. The Labute approximate surface area is 134 Å². The molecule has 22 heavy (non-hydrogen) atoms. The van der Waals surface area contributed by atoms with Crippen LogP contribution in [0.15, 0.2) is 0 Å². The van der Waals surface area contributed by atoms with E-state index >= 15 is 0 Å². The zero-order valence-electron chi connectivity index (χ0n) is 13.9. The van der Waals surface area contributed by atoms with Gasteiger partial charge in [0, 0.05) is 27.4 Å². The van der Waals surface area contributed by atoms with Gasteiger partial charge in [-0.3, -0.25) is 9.59 Å². The molecule has 0 aromatic heterocycles. The molecule has 1 amide bonds. The number of hydrogen-bond donors (Lipinski definition) is 1. The van der Waals surface area contributed by atoms with E-state index in [1.54, 1.807) is 7.11 Å². The van der Waals surface area contributed by atoms with Crippen molar-refractivity contribution >= 4 is 11.7 Å². The Bertz CT molecular complexity index is 302. The molecule has 0 spiro atoms. The molecule has 7 nitrogen and oxygen atoms in total. The SMILES string of the molecule is COCCOCCC(=O)NCCOCCOCC(=O)C(C)C.[HH]. The summed E-state index contributed by atoms with van der Waals surface area (Å²) in [5.41, 5.74) is 0. The molecule has 0 unspecified atom stereocenters. The summed E-state index contributed by atoms with van der Waals surface area (Å²) in [6.45, 7) is 6.85. The van der Waals surface area contributed by atoms with E-state index in [0.29, 0.717) is 52.6 Å². The monoisotopic (exact) mass is 321 g/mol. The third kappa shape index (κ3) is 13.9. The number of amides is 1. The third-order valence-corrected chi connectivity index (χ3v) is 2.73. The lowest BCUT2D eigenvalue weighted by Gasteiger charge is -2.08. The molecule has 0 fully saturated rings. The number of rotatable bonds is 15. The molecule has 1 N–H and O–H groups in total. The lowest BCUT2D eigenvalue weighted by molar-refractivity contribution is -0.127. The first kappa shape index (κ1) is 21.0. The van der Waals surface area contributed by atoms with Crippen LogP contribution in [0.2, 0.25) is 0 Å². The van der Waals surface area contributed by atoms with Gasteiger partial charge in [-0.25, -0.2) is 0 Å². The molecule has 0 radical (unpaired) electrons. The molecule has 0 aliphatic heterocycles. The van der Waals surface area contributed by atoms with E-state index in [2.05, 4.69) is 5.32 Å². The highest BCUT2D eigenvalue weighted by Crippen LogP contribution is 1.94. The third-order valence-electron chi connectivity index (χ3n) is 2.73. The maximum absolute atomic E-state index is 11.4. The first-order valence-electron chi connectivity index (χ1n) is 7.59. The number of ketones is 1. The van der Waals surface area contributed by atoms with Crippen molar-refractivity contribution in [3.63, 3.8) is 0 Å². The van der Waals surface area contributed by atoms with Crippen LogP contribution in [0.25, 0.3) is 0 Å². The molecule has 0 saturated carbocycles. The largest absolute Gasteiger partial charge is 0.382 e. The van der Waals surface area contributed by atoms with Gasteiger partial charge < -0.3 is 24.3 Å². The van der Waals surface area contributed by atoms with Crippen molar-refractivity contribution in [3.8, 4) is 0 Å². The number of ether oxygens (including phenoxy) is 4. The van der Waals surface area contributed by atoms with Gasteiger partial charge in [0.15, 0.2) is 5.78 Å². The summed E-state index contributed by atoms with van der Waals surface area (Å²) in [4.78, 5) is 22.7. The zero-order valence-corrected chi connectivity index (χ0v) is 13.9. The predicted molar refractivity (Wildman–Crippen MR) is 83.9 cm³/mol. The van der Waals surface area contributed by atoms with Crippen LogP contribution < -0.4 is 5.32 Å². The summed E-state index contributed by atoms with van der Waals surface area (Å²) in [5.74, 6) is 0.00869. The molecule has 132 valence electrons. The van der Waals surface area contributed by atoms with Crippen LogP contribution in [-0.4, -0.2) is 71.6 Å². The first-order chi connectivity index (χ1) is 10.6. The number of carbonyl (C=O) groups excluding carboxylic acids is 2. The molecule has 0 atom stereocenters. The average molecular weight is 321 g/mol. The fourth-order valence-electron chi connectivity index (χ4n) is 1.32. The van der Waals surface area contributed by atoms with Gasteiger partial charge >= 0.3 is 0 Å². The van der Waals surface area contributed by atoms with Crippen molar-refractivity contribution in [3.05, 3.63) is 0 Å². The molecule has 0 aromatic rings. The second-order valence-corrected chi connectivity index (χ2v) is 4.99. The lowest BCUT2D eigenvalue weighted by Crippen LogP contribution is -2.28. The van der Waals surface area contributed by atoms with Gasteiger partial charge in [-0.15, -0.1) is 0 Å². The van der Waals surface area contributed by atoms with E-state index < -0.39 is 0 Å². The van der Waals surface area contributed by atoms with Crippen molar-refractivity contribution < 1.29 is 30.0 Å². The summed E-state index contributed by atoms with van der Waals surface area (Å²) in [6, 6.07) is 0. The summed E-state index contributed by atoms with van der Waals surface area (Å²) in [7, 11) is 1.60. The molecular weight excluding hydrogens is 290 g/mol. The molecule has 0 saturated heterocycles. The van der Waals surface area contributed by atoms with Crippen molar-refractivity contribution in [1.82, 2.24) is 5.32 Å². The van der Waals surface area contributed by atoms with Gasteiger partial charge in [-0.2, -0.15) is 0 Å². The minimum Gasteiger partial charge on any atom is -0.382 e. The highest BCUT2D eigenvalue weighted by Gasteiger charge is 2.06. The van der Waals surface area contributed by atoms with Crippen molar-refractivity contribution in [2.45, 2.75) is 20.3 Å². The molecule has 7 heteroatoms. The molecule has 0 bridgehead atoms. The highest BCUT2D eigenvalue weighted by molar-refractivity contribution is 5.81. The average Bonchev–Trinajstić information content (AvgIpc) is 2.49. The predicted octanol–water partition coefficient (Wildman–Crippen LogP) is 0.660. The molecule has 0 rings (SSSR count). The lowest BCUT2D eigenvalue weighted by atomic mass is 10.1. The van der Waals surface area contributed by atoms with Crippen molar-refractivity contribution in [1.29, 1.82) is 0 Å². The number of Topliss-reactive ketones (excluding diaryl/α,β-unsaturated/α-hetero) is 1. The van der Waals surface area contributed by atoms with E-state index in [1.165, 1.54) is 0 Å². The minimum absolute atomic E-state index is 0. The van der Waals surface area contributed by atoms with Gasteiger partial charge in [-0.1, -0.05) is 13.8 Å². The fraction of sp³-hybridized carbons (Fsp3) is 0.867. The van der Waals surface area contributed by atoms with Crippen LogP contribution in [0, 0.1) is 5.92 Å². The summed E-state index contributed by atoms with van der Waals surface area (Å²) in [6.07, 6.45) is 0.324. The van der Waals surface area contributed by atoms with Crippen LogP contribution in [0.5, 0.6) is 0 Å². The maximum Gasteiger partial charge on any atom is 0.222 e. The van der Waals surface area contributed by atoms with Crippen LogP contribution in [-0.2, 0) is 28.5 Å². The number of methoxy groups -OCH3 is 1. The Morgan fingerprint density at radius 2 is 1.59 bits per heavy atom. The number of nitrogens with one attached hydrogen (secondary N) is 1. The molecule has 0 aliphatic rings. The molecule has 0 aromatic carbocycles. The second-order valence-electron chi connectivity index (χ2n) is 4.99. The first-order valence-corrected chi connectivity index (χ1v) is 7.59. The number of hydrogen-bond acceptors (Lipinski definition) is 6. The van der Waals surface area contributed by atoms with Crippen LogP contribution in [0.1, 0.15) is 21.7 Å². The van der Waals surface area contributed by atoms with Gasteiger partial charge in [0.25, 0.3) is 0 Å². The van der Waals surface area contributed by atoms with E-state index in [9.17, 15) is 9.59 Å². The highest BCUT2D eigenvalue weighted by atomic mass is 16.5. The van der Waals surface area contributed by atoms with Crippen LogP contribution >= 0.6 is 0 Å². The van der Waals surface area contributed by atoms with E-state index in [0.717, 1.165) is 0 Å². The van der Waals surface area contributed by atoms with E-state index in [1.807, 2.05) is 13.8 Å². The van der Waals surface area contributed by atoms with Crippen LogP contribution in [0.4, 0.5) is 0 Å². The standard InChI is InChI=1S/C15H29NO6.H2/c1-13(2)14(17)12-22-11-10-21-7-5-16-15(18)4-6-20-9-8-19-3;/h13H,4-12H2,1-3H3,(H,16,18);1H. The Morgan fingerprint density at radius 3 is 2.27 bits per heavy atom. The van der Waals surface area contributed by atoms with Crippen LogP contribution in [0.3, 0.4) is 0 Å². The maximum atomic E-state index is 11.4. The Hall–Kier alpha value is -1.02. The molecular formula is C15H31NO6. The summed E-state index contributed by atoms with van der Waals surface area (Å²) >= 11 is 0. The Balaban J connectivity index is 0. The van der Waals surface area contributed by atoms with Gasteiger partial charge in [0.1, 0.15) is 6.61 Å². The minimum atomic E-state index is -0.0696. The molecule has 0 heterocycles. The molecule has 0 aliphatic carbocycles. The van der Waals surface area contributed by atoms with Gasteiger partial charge in [0.05, 0.1) is 39.6 Å². The normalized spacial score (nSPS) is 10.9. The van der Waals surface area contributed by atoms with Gasteiger partial charge in [0.2, 0.25) is 5.91 Å². The summed E-state index contributed by atoms with van der Waals surface area (Å²) in [5, 5.41) is 2.73. The Morgan fingerprint density at radius 1 is 0.955 bits per heavy atom. The van der Waals surface area contributed by atoms with E-state index in [4.69, 9.17) is 18.9 Å². The fourth-order valence-corrected chi connectivity index (χ4v) is 1.32. The Kier molecular flexibility index (Phi) is 14.2. The zero-order chi connectivity index (χ0) is 16.6.